The van der Waals surface area contributed by atoms with Crippen molar-refractivity contribution in [3.8, 4) is 0 Å². The van der Waals surface area contributed by atoms with Gasteiger partial charge in [0.1, 0.15) is 0 Å². The molecule has 4 atom stereocenters. The highest BCUT2D eigenvalue weighted by Gasteiger charge is 2.29. The first kappa shape index (κ1) is 34.3. The summed E-state index contributed by atoms with van der Waals surface area (Å²) in [5.41, 5.74) is 4.00. The highest BCUT2D eigenvalue weighted by Crippen LogP contribution is 2.15. The predicted molar refractivity (Wildman–Crippen MR) is 189 cm³/mol. The molecule has 0 bridgehead atoms. The Morgan fingerprint density at radius 2 is 0.792 bits per heavy atom. The lowest BCUT2D eigenvalue weighted by Gasteiger charge is -2.33. The number of hydrogen-bond acceptors (Lipinski definition) is 5. The Labute approximate surface area is 282 Å². The first-order valence-electron chi connectivity index (χ1n) is 16.4. The third-order valence-corrected chi connectivity index (χ3v) is 8.37. The second kappa shape index (κ2) is 17.7. The van der Waals surface area contributed by atoms with Gasteiger partial charge in [0.25, 0.3) is 11.8 Å². The zero-order chi connectivity index (χ0) is 33.6. The van der Waals surface area contributed by atoms with Crippen LogP contribution in [-0.2, 0) is 19.4 Å². The van der Waals surface area contributed by atoms with Crippen LogP contribution < -0.4 is 10.6 Å². The maximum atomic E-state index is 13.3. The Morgan fingerprint density at radius 3 is 1.15 bits per heavy atom. The molecular formula is C41H43N3O4. The number of rotatable bonds is 16. The molecule has 0 heterocycles. The number of carbonyl (C=O) groups excluding carboxylic acids is 2. The number of benzene rings is 5. The average Bonchev–Trinajstić information content (AvgIpc) is 3.13. The van der Waals surface area contributed by atoms with E-state index in [4.69, 9.17) is 0 Å². The lowest BCUT2D eigenvalue weighted by molar-refractivity contribution is 0.0333. The summed E-state index contributed by atoms with van der Waals surface area (Å²) < 4.78 is 0. The maximum Gasteiger partial charge on any atom is 0.251 e. The van der Waals surface area contributed by atoms with Gasteiger partial charge in [0.2, 0.25) is 0 Å². The fourth-order valence-corrected chi connectivity index (χ4v) is 5.81. The van der Waals surface area contributed by atoms with E-state index in [1.807, 2.05) is 132 Å². The number of aliphatic hydroxyl groups is 2. The molecule has 0 aliphatic rings. The van der Waals surface area contributed by atoms with E-state index in [9.17, 15) is 19.8 Å². The smallest absolute Gasteiger partial charge is 0.251 e. The van der Waals surface area contributed by atoms with E-state index in [0.29, 0.717) is 30.5 Å². The number of nitrogens with one attached hydrogen (secondary N) is 2. The van der Waals surface area contributed by atoms with Crippen LogP contribution in [0, 0.1) is 0 Å². The van der Waals surface area contributed by atoms with Gasteiger partial charge in [0.15, 0.2) is 0 Å². The minimum Gasteiger partial charge on any atom is -0.390 e. The largest absolute Gasteiger partial charge is 0.390 e. The van der Waals surface area contributed by atoms with Crippen molar-refractivity contribution in [3.63, 3.8) is 0 Å². The van der Waals surface area contributed by atoms with Gasteiger partial charge in [-0.05, 0) is 53.8 Å². The number of carbonyl (C=O) groups is 2. The van der Waals surface area contributed by atoms with Crippen molar-refractivity contribution in [1.82, 2.24) is 15.5 Å². The van der Waals surface area contributed by atoms with Crippen LogP contribution in [0.4, 0.5) is 0 Å². The van der Waals surface area contributed by atoms with E-state index in [1.165, 1.54) is 0 Å². The van der Waals surface area contributed by atoms with Crippen LogP contribution in [0.2, 0.25) is 0 Å². The van der Waals surface area contributed by atoms with Crippen molar-refractivity contribution in [2.75, 3.05) is 13.1 Å². The van der Waals surface area contributed by atoms with E-state index in [1.54, 1.807) is 24.3 Å². The quantitative estimate of drug-likeness (QED) is 0.117. The Hall–Kier alpha value is -5.08. The molecule has 5 rings (SSSR count). The molecular weight excluding hydrogens is 598 g/mol. The molecule has 7 heteroatoms. The summed E-state index contributed by atoms with van der Waals surface area (Å²) in [6, 6.07) is 46.1. The number of amides is 2. The molecule has 2 amide bonds. The van der Waals surface area contributed by atoms with E-state index in [0.717, 1.165) is 16.7 Å². The molecule has 0 aromatic heterocycles. The van der Waals surface area contributed by atoms with Gasteiger partial charge in [0.05, 0.1) is 24.3 Å². The molecule has 0 spiro atoms. The van der Waals surface area contributed by atoms with Gasteiger partial charge in [-0.15, -0.1) is 0 Å². The predicted octanol–water partition coefficient (Wildman–Crippen LogP) is 5.29. The summed E-state index contributed by atoms with van der Waals surface area (Å²) in [6.07, 6.45) is -1.10. The van der Waals surface area contributed by atoms with Gasteiger partial charge in [0, 0.05) is 30.8 Å². The Bertz CT molecular complexity index is 1570. The fraction of sp³-hybridized carbons (Fsp3) is 0.220. The van der Waals surface area contributed by atoms with Crippen LogP contribution in [0.25, 0.3) is 0 Å². The van der Waals surface area contributed by atoms with Crippen LogP contribution in [0.15, 0.2) is 152 Å². The molecule has 5 aromatic carbocycles. The summed E-state index contributed by atoms with van der Waals surface area (Å²) in [6.45, 7) is 0.788. The van der Waals surface area contributed by atoms with E-state index in [-0.39, 0.29) is 24.9 Å². The molecule has 0 saturated carbocycles. The van der Waals surface area contributed by atoms with E-state index >= 15 is 0 Å². The Morgan fingerprint density at radius 1 is 0.479 bits per heavy atom. The second-order valence-corrected chi connectivity index (χ2v) is 12.1. The molecule has 0 aliphatic carbocycles. The molecule has 0 saturated heterocycles. The van der Waals surface area contributed by atoms with Gasteiger partial charge in [-0.3, -0.25) is 14.5 Å². The third kappa shape index (κ3) is 10.5. The van der Waals surface area contributed by atoms with Crippen molar-refractivity contribution in [2.24, 2.45) is 0 Å². The standard InChI is InChI=1S/C41H43N3O4/c45-38(36(26-31-16-6-1-7-17-31)42-40(47)34-22-12-4-13-23-34)29-44(28-33-20-10-3-11-21-33)30-39(46)37(27-32-18-8-2-9-19-32)43-41(48)35-24-14-5-15-25-35/h1-25,36-39,45-46H,26-30H2,(H,42,47)(H,43,48)/t36?,37?,38-,39?/m0/s1. The van der Waals surface area contributed by atoms with E-state index < -0.39 is 24.3 Å². The number of hydrogen-bond donors (Lipinski definition) is 4. The van der Waals surface area contributed by atoms with Gasteiger partial charge >= 0.3 is 0 Å². The molecule has 0 aliphatic heterocycles. The van der Waals surface area contributed by atoms with Crippen molar-refractivity contribution < 1.29 is 19.8 Å². The topological polar surface area (TPSA) is 102 Å². The summed E-state index contributed by atoms with van der Waals surface area (Å²) in [4.78, 5) is 28.5. The Balaban J connectivity index is 1.37. The molecule has 7 nitrogen and oxygen atoms in total. The van der Waals surface area contributed by atoms with Gasteiger partial charge < -0.3 is 20.8 Å². The number of aliphatic hydroxyl groups excluding tert-OH is 2. The number of nitrogens with zero attached hydrogens (tertiary/aromatic N) is 1. The lowest BCUT2D eigenvalue weighted by Crippen LogP contribution is -2.53. The van der Waals surface area contributed by atoms with Gasteiger partial charge in [-0.25, -0.2) is 0 Å². The minimum atomic E-state index is -0.972. The lowest BCUT2D eigenvalue weighted by atomic mass is 9.98. The highest BCUT2D eigenvalue weighted by molar-refractivity contribution is 5.94. The molecule has 0 radical (unpaired) electrons. The van der Waals surface area contributed by atoms with Gasteiger partial charge in [-0.1, -0.05) is 127 Å². The highest BCUT2D eigenvalue weighted by atomic mass is 16.3. The zero-order valence-electron chi connectivity index (χ0n) is 26.9. The summed E-state index contributed by atoms with van der Waals surface area (Å²) in [5.74, 6) is -0.534. The first-order valence-corrected chi connectivity index (χ1v) is 16.4. The summed E-state index contributed by atoms with van der Waals surface area (Å²) >= 11 is 0. The van der Waals surface area contributed by atoms with Gasteiger partial charge in [-0.2, -0.15) is 0 Å². The average molecular weight is 642 g/mol. The van der Waals surface area contributed by atoms with Crippen molar-refractivity contribution in [2.45, 2.75) is 43.7 Å². The van der Waals surface area contributed by atoms with Crippen LogP contribution in [0.5, 0.6) is 0 Å². The zero-order valence-corrected chi connectivity index (χ0v) is 26.9. The minimum absolute atomic E-state index is 0.170. The molecule has 246 valence electrons. The van der Waals surface area contributed by atoms with Crippen LogP contribution >= 0.6 is 0 Å². The second-order valence-electron chi connectivity index (χ2n) is 12.1. The van der Waals surface area contributed by atoms with Crippen LogP contribution in [0.3, 0.4) is 0 Å². The van der Waals surface area contributed by atoms with Crippen molar-refractivity contribution in [1.29, 1.82) is 0 Å². The fourth-order valence-electron chi connectivity index (χ4n) is 5.81. The molecule has 0 fully saturated rings. The molecule has 3 unspecified atom stereocenters. The normalized spacial score (nSPS) is 13.6. The SMILES string of the molecule is O=C(NC(Cc1ccccc1)C(O)CN(Cc1ccccc1)C[C@H](O)C(Cc1ccccc1)NC(=O)c1ccccc1)c1ccccc1. The van der Waals surface area contributed by atoms with Crippen LogP contribution in [0.1, 0.15) is 37.4 Å². The van der Waals surface area contributed by atoms with Crippen LogP contribution in [-0.4, -0.2) is 64.3 Å². The van der Waals surface area contributed by atoms with Crippen molar-refractivity contribution in [3.05, 3.63) is 179 Å². The summed E-state index contributed by atoms with van der Waals surface area (Å²) in [5, 5.41) is 29.7. The maximum absolute atomic E-state index is 13.3. The first-order chi connectivity index (χ1) is 23.4. The third-order valence-electron chi connectivity index (χ3n) is 8.37. The molecule has 5 aromatic rings. The monoisotopic (exact) mass is 641 g/mol. The van der Waals surface area contributed by atoms with E-state index in [2.05, 4.69) is 10.6 Å². The summed E-state index contributed by atoms with van der Waals surface area (Å²) in [7, 11) is 0. The Kier molecular flexibility index (Phi) is 12.7. The molecule has 4 N–H and O–H groups in total. The molecule has 48 heavy (non-hydrogen) atoms. The van der Waals surface area contributed by atoms with Crippen molar-refractivity contribution >= 4 is 11.8 Å².